The Labute approximate surface area is 132 Å². The largest absolute Gasteiger partial charge is 0.467 e. The van der Waals surface area contributed by atoms with Crippen molar-refractivity contribution in [3.8, 4) is 0 Å². The first-order valence-corrected chi connectivity index (χ1v) is 8.13. The lowest BCUT2D eigenvalue weighted by Crippen LogP contribution is -1.98. The van der Waals surface area contributed by atoms with Crippen molar-refractivity contribution in [1.82, 2.24) is 15.2 Å². The topological polar surface area (TPSA) is 66.7 Å². The molecule has 0 aliphatic carbocycles. The number of nitrogens with one attached hydrogen (secondary N) is 2. The van der Waals surface area contributed by atoms with Gasteiger partial charge in [0.2, 0.25) is 0 Å². The van der Waals surface area contributed by atoms with Gasteiger partial charge in [0.25, 0.3) is 0 Å². The zero-order valence-electron chi connectivity index (χ0n) is 12.8. The van der Waals surface area contributed by atoms with Gasteiger partial charge in [-0.3, -0.25) is 5.10 Å². The molecule has 0 aliphatic rings. The molecule has 22 heavy (non-hydrogen) atoms. The smallest absolute Gasteiger partial charge is 0.166 e. The first kappa shape index (κ1) is 14.6. The molecule has 2 N–H and O–H groups in total. The zero-order chi connectivity index (χ0) is 15.5. The molecule has 0 spiro atoms. The third-order valence-electron chi connectivity index (χ3n) is 3.20. The van der Waals surface area contributed by atoms with Crippen LogP contribution in [0, 0.1) is 6.92 Å². The number of pyridine rings is 1. The normalized spacial score (nSPS) is 10.7. The summed E-state index contributed by atoms with van der Waals surface area (Å²) in [4.78, 5) is 5.60. The van der Waals surface area contributed by atoms with E-state index in [4.69, 9.17) is 4.42 Å². The van der Waals surface area contributed by atoms with E-state index in [-0.39, 0.29) is 0 Å². The maximum absolute atomic E-state index is 5.31. The van der Waals surface area contributed by atoms with Crippen LogP contribution in [0.4, 0.5) is 5.82 Å². The second-order valence-corrected chi connectivity index (χ2v) is 5.62. The van der Waals surface area contributed by atoms with E-state index in [0.29, 0.717) is 6.54 Å². The number of thiophene rings is 1. The molecular formula is C16H18N4OS. The maximum atomic E-state index is 5.31. The number of hydrogen-bond donors (Lipinski definition) is 2. The minimum Gasteiger partial charge on any atom is -0.467 e. The van der Waals surface area contributed by atoms with E-state index in [2.05, 4.69) is 26.6 Å². The monoisotopic (exact) mass is 314 g/mol. The van der Waals surface area contributed by atoms with Gasteiger partial charge < -0.3 is 9.73 Å². The Morgan fingerprint density at radius 3 is 2.91 bits per heavy atom. The van der Waals surface area contributed by atoms with Crippen LogP contribution < -0.4 is 5.32 Å². The number of H-pyrrole nitrogens is 1. The van der Waals surface area contributed by atoms with E-state index < -0.39 is 0 Å². The van der Waals surface area contributed by atoms with Gasteiger partial charge in [0, 0.05) is 11.1 Å². The summed E-state index contributed by atoms with van der Waals surface area (Å²) in [5, 5.41) is 11.8. The van der Waals surface area contributed by atoms with Crippen molar-refractivity contribution in [2.45, 2.75) is 27.3 Å². The summed E-state index contributed by atoms with van der Waals surface area (Å²) in [6.45, 7) is 6.62. The number of nitrogens with zero attached hydrogens (tertiary/aromatic N) is 2. The fourth-order valence-corrected chi connectivity index (χ4v) is 3.35. The summed E-state index contributed by atoms with van der Waals surface area (Å²) in [7, 11) is 0. The SMILES string of the molecule is CC.Cc1ccc2c(n1)sc1c(NCc3ccco3)n[nH]c12. The summed E-state index contributed by atoms with van der Waals surface area (Å²) in [5.41, 5.74) is 2.07. The Kier molecular flexibility index (Phi) is 4.11. The number of aromatic amines is 1. The third-order valence-corrected chi connectivity index (χ3v) is 4.31. The van der Waals surface area contributed by atoms with Crippen molar-refractivity contribution < 1.29 is 4.42 Å². The van der Waals surface area contributed by atoms with Crippen LogP contribution in [0.15, 0.2) is 34.9 Å². The van der Waals surface area contributed by atoms with Gasteiger partial charge in [-0.2, -0.15) is 5.10 Å². The summed E-state index contributed by atoms with van der Waals surface area (Å²) in [6, 6.07) is 7.92. The molecule has 0 amide bonds. The Balaban J connectivity index is 0.000000693. The number of hydrogen-bond acceptors (Lipinski definition) is 5. The highest BCUT2D eigenvalue weighted by molar-refractivity contribution is 7.26. The molecule has 0 saturated carbocycles. The average molecular weight is 314 g/mol. The number of anilines is 1. The van der Waals surface area contributed by atoms with Crippen molar-refractivity contribution in [2.75, 3.05) is 5.32 Å². The van der Waals surface area contributed by atoms with Crippen LogP contribution in [0.1, 0.15) is 25.3 Å². The molecule has 0 aliphatic heterocycles. The predicted molar refractivity (Wildman–Crippen MR) is 91.4 cm³/mol. The molecule has 0 aromatic carbocycles. The maximum Gasteiger partial charge on any atom is 0.166 e. The van der Waals surface area contributed by atoms with Crippen molar-refractivity contribution in [2.24, 2.45) is 0 Å². The van der Waals surface area contributed by atoms with Gasteiger partial charge in [-0.05, 0) is 31.2 Å². The van der Waals surface area contributed by atoms with Crippen LogP contribution >= 0.6 is 11.3 Å². The lowest BCUT2D eigenvalue weighted by atomic mass is 10.3. The fraction of sp³-hybridized carbons (Fsp3) is 0.250. The Morgan fingerprint density at radius 2 is 2.14 bits per heavy atom. The number of aromatic nitrogens is 3. The van der Waals surface area contributed by atoms with Crippen LogP contribution in [0.2, 0.25) is 0 Å². The highest BCUT2D eigenvalue weighted by Crippen LogP contribution is 2.35. The third kappa shape index (κ3) is 2.57. The highest BCUT2D eigenvalue weighted by atomic mass is 32.1. The van der Waals surface area contributed by atoms with Crippen LogP contribution in [-0.4, -0.2) is 15.2 Å². The van der Waals surface area contributed by atoms with Gasteiger partial charge in [0.05, 0.1) is 23.0 Å². The number of aryl methyl sites for hydroxylation is 1. The van der Waals surface area contributed by atoms with E-state index in [1.807, 2.05) is 39.0 Å². The fourth-order valence-electron chi connectivity index (χ4n) is 2.22. The van der Waals surface area contributed by atoms with Gasteiger partial charge in [0.1, 0.15) is 10.6 Å². The number of rotatable bonds is 3. The second-order valence-electron chi connectivity index (χ2n) is 4.62. The standard InChI is InChI=1S/C14H12N4OS.C2H6/c1-8-4-5-10-11-12(20-14(10)16-8)13(18-17-11)15-7-9-3-2-6-19-9;1-2/h2-6H,7H2,1H3,(H2,15,17,18);1-2H3. The van der Waals surface area contributed by atoms with Gasteiger partial charge in [-0.25, -0.2) is 4.98 Å². The van der Waals surface area contributed by atoms with Crippen molar-refractivity contribution in [3.63, 3.8) is 0 Å². The number of fused-ring (bicyclic) bond motifs is 3. The van der Waals surface area contributed by atoms with E-state index in [0.717, 1.165) is 37.7 Å². The van der Waals surface area contributed by atoms with Crippen molar-refractivity contribution >= 4 is 37.6 Å². The Morgan fingerprint density at radius 1 is 1.27 bits per heavy atom. The molecule has 0 atom stereocenters. The summed E-state index contributed by atoms with van der Waals surface area (Å²) >= 11 is 1.65. The van der Waals surface area contributed by atoms with Gasteiger partial charge in [0.15, 0.2) is 5.82 Å². The predicted octanol–water partition coefficient (Wildman–Crippen LogP) is 4.71. The molecule has 0 radical (unpaired) electrons. The first-order valence-electron chi connectivity index (χ1n) is 7.32. The van der Waals surface area contributed by atoms with Gasteiger partial charge >= 0.3 is 0 Å². The van der Waals surface area contributed by atoms with Gasteiger partial charge in [-0.1, -0.05) is 13.8 Å². The molecule has 4 aromatic heterocycles. The second kappa shape index (κ2) is 6.19. The van der Waals surface area contributed by atoms with Crippen molar-refractivity contribution in [3.05, 3.63) is 42.0 Å². The lowest BCUT2D eigenvalue weighted by Gasteiger charge is -1.98. The number of furan rings is 1. The molecule has 4 rings (SSSR count). The van der Waals surface area contributed by atoms with Crippen molar-refractivity contribution in [1.29, 1.82) is 0 Å². The minimum atomic E-state index is 0.619. The molecule has 4 heterocycles. The molecule has 114 valence electrons. The van der Waals surface area contributed by atoms with E-state index >= 15 is 0 Å². The van der Waals surface area contributed by atoms with Crippen LogP contribution in [-0.2, 0) is 6.54 Å². The summed E-state index contributed by atoms with van der Waals surface area (Å²) in [5.74, 6) is 1.73. The lowest BCUT2D eigenvalue weighted by molar-refractivity contribution is 0.518. The van der Waals surface area contributed by atoms with Crippen LogP contribution in [0.5, 0.6) is 0 Å². The molecule has 0 fully saturated rings. The zero-order valence-corrected chi connectivity index (χ0v) is 13.6. The average Bonchev–Trinajstić information content (AvgIpc) is 3.23. The van der Waals surface area contributed by atoms with E-state index in [1.165, 1.54) is 0 Å². The van der Waals surface area contributed by atoms with Crippen LogP contribution in [0.3, 0.4) is 0 Å². The molecule has 0 bridgehead atoms. The molecular weight excluding hydrogens is 296 g/mol. The quantitative estimate of drug-likeness (QED) is 0.574. The first-order chi connectivity index (χ1) is 10.8. The molecule has 0 unspecified atom stereocenters. The molecule has 4 aromatic rings. The van der Waals surface area contributed by atoms with Gasteiger partial charge in [-0.15, -0.1) is 11.3 Å². The Bertz CT molecular complexity index is 876. The molecule has 6 heteroatoms. The summed E-state index contributed by atoms with van der Waals surface area (Å²) < 4.78 is 6.41. The minimum absolute atomic E-state index is 0.619. The van der Waals surface area contributed by atoms with E-state index in [1.54, 1.807) is 17.6 Å². The van der Waals surface area contributed by atoms with E-state index in [9.17, 15) is 0 Å². The summed E-state index contributed by atoms with van der Waals surface area (Å²) in [6.07, 6.45) is 1.67. The molecule has 5 nitrogen and oxygen atoms in total. The molecule has 0 saturated heterocycles. The van der Waals surface area contributed by atoms with Crippen LogP contribution in [0.25, 0.3) is 20.4 Å². The Hall–Kier alpha value is -2.34. The highest BCUT2D eigenvalue weighted by Gasteiger charge is 2.13.